The van der Waals surface area contributed by atoms with Crippen molar-refractivity contribution in [2.45, 2.75) is 13.0 Å². The molecule has 1 saturated heterocycles. The molecule has 1 fully saturated rings. The number of rotatable bonds is 4. The van der Waals surface area contributed by atoms with Crippen molar-refractivity contribution in [3.63, 3.8) is 0 Å². The number of Topliss-reactive ketones (excluding diaryl/α,β-unsaturated/α-hetero) is 1. The van der Waals surface area contributed by atoms with E-state index in [2.05, 4.69) is 4.98 Å². The van der Waals surface area contributed by atoms with Crippen LogP contribution in [0.4, 0.5) is 5.13 Å². The van der Waals surface area contributed by atoms with Crippen LogP contribution in [0.5, 0.6) is 5.75 Å². The third kappa shape index (κ3) is 3.28. The van der Waals surface area contributed by atoms with E-state index in [1.165, 1.54) is 34.7 Å². The first-order valence-corrected chi connectivity index (χ1v) is 11.5. The summed E-state index contributed by atoms with van der Waals surface area (Å²) in [5.74, 6) is -1.14. The summed E-state index contributed by atoms with van der Waals surface area (Å²) < 4.78 is 6.18. The number of aliphatic hydroxyl groups excluding tert-OH is 1. The third-order valence-electron chi connectivity index (χ3n) is 5.34. The fourth-order valence-corrected chi connectivity index (χ4v) is 5.71. The second kappa shape index (κ2) is 7.89. The number of fused-ring (bicyclic) bond motifs is 1. The number of hydrogen-bond acceptors (Lipinski definition) is 7. The fourth-order valence-electron chi connectivity index (χ4n) is 3.79. The molecule has 2 aromatic heterocycles. The number of thiazole rings is 1. The number of thiophene rings is 1. The second-order valence-electron chi connectivity index (χ2n) is 7.38. The fraction of sp³-hybridized carbons (Fsp3) is 0.125. The number of aryl methyl sites for hydroxylation is 1. The van der Waals surface area contributed by atoms with Crippen LogP contribution in [0.1, 0.15) is 22.0 Å². The van der Waals surface area contributed by atoms with Gasteiger partial charge in [0.2, 0.25) is 0 Å². The summed E-state index contributed by atoms with van der Waals surface area (Å²) >= 11 is 2.77. The van der Waals surface area contributed by atoms with Crippen molar-refractivity contribution in [1.82, 2.24) is 4.98 Å². The lowest BCUT2D eigenvalue weighted by Gasteiger charge is -2.21. The summed E-state index contributed by atoms with van der Waals surface area (Å²) in [5, 5.41) is 13.5. The van der Waals surface area contributed by atoms with Gasteiger partial charge in [-0.25, -0.2) is 4.98 Å². The highest BCUT2D eigenvalue weighted by atomic mass is 32.1. The van der Waals surface area contributed by atoms with Crippen LogP contribution in [-0.2, 0) is 9.59 Å². The van der Waals surface area contributed by atoms with E-state index >= 15 is 0 Å². The van der Waals surface area contributed by atoms with Gasteiger partial charge in [-0.2, -0.15) is 0 Å². The van der Waals surface area contributed by atoms with Gasteiger partial charge in [-0.3, -0.25) is 14.5 Å². The molecule has 1 aliphatic rings. The molecule has 3 heterocycles. The van der Waals surface area contributed by atoms with Gasteiger partial charge in [0.1, 0.15) is 17.6 Å². The Morgan fingerprint density at radius 2 is 1.97 bits per heavy atom. The van der Waals surface area contributed by atoms with Crippen LogP contribution in [0.3, 0.4) is 0 Å². The quantitative estimate of drug-likeness (QED) is 0.253. The molecule has 0 radical (unpaired) electrons. The predicted octanol–water partition coefficient (Wildman–Crippen LogP) is 5.30. The number of ketones is 1. The average molecular weight is 463 g/mol. The Hall–Kier alpha value is -3.49. The lowest BCUT2D eigenvalue weighted by atomic mass is 10.00. The molecule has 0 spiro atoms. The minimum absolute atomic E-state index is 0.0427. The number of hydrogen-bond donors (Lipinski definition) is 1. The molecule has 8 heteroatoms. The first-order chi connectivity index (χ1) is 15.5. The van der Waals surface area contributed by atoms with Gasteiger partial charge in [-0.15, -0.1) is 11.3 Å². The van der Waals surface area contributed by atoms with Crippen LogP contribution in [-0.4, -0.2) is 28.9 Å². The van der Waals surface area contributed by atoms with Crippen LogP contribution in [0.2, 0.25) is 0 Å². The molecule has 1 amide bonds. The number of amides is 1. The largest absolute Gasteiger partial charge is 0.507 e. The zero-order chi connectivity index (χ0) is 22.4. The molecule has 0 bridgehead atoms. The van der Waals surface area contributed by atoms with Gasteiger partial charge < -0.3 is 9.84 Å². The summed E-state index contributed by atoms with van der Waals surface area (Å²) in [6, 6.07) is 15.6. The van der Waals surface area contributed by atoms with E-state index in [0.29, 0.717) is 16.4 Å². The molecule has 1 N–H and O–H groups in total. The second-order valence-corrected chi connectivity index (χ2v) is 9.37. The summed E-state index contributed by atoms with van der Waals surface area (Å²) in [6.07, 6.45) is 0. The molecule has 160 valence electrons. The van der Waals surface area contributed by atoms with E-state index in [1.807, 2.05) is 42.6 Å². The monoisotopic (exact) mass is 462 g/mol. The topological polar surface area (TPSA) is 79.7 Å². The van der Waals surface area contributed by atoms with Crippen LogP contribution in [0.25, 0.3) is 16.0 Å². The molecule has 5 rings (SSSR count). The molecule has 2 aromatic carbocycles. The van der Waals surface area contributed by atoms with Gasteiger partial charge in [0, 0.05) is 10.4 Å². The van der Waals surface area contributed by atoms with Gasteiger partial charge in [0.15, 0.2) is 5.13 Å². The van der Waals surface area contributed by atoms with E-state index in [4.69, 9.17) is 4.74 Å². The molecule has 0 aliphatic carbocycles. The Morgan fingerprint density at radius 3 is 2.72 bits per heavy atom. The van der Waals surface area contributed by atoms with Gasteiger partial charge >= 0.3 is 5.91 Å². The van der Waals surface area contributed by atoms with Crippen molar-refractivity contribution in [2.24, 2.45) is 0 Å². The maximum Gasteiger partial charge on any atom is 0.301 e. The van der Waals surface area contributed by atoms with Crippen molar-refractivity contribution in [3.05, 3.63) is 81.6 Å². The maximum atomic E-state index is 13.2. The zero-order valence-corrected chi connectivity index (χ0v) is 18.9. The maximum absolute atomic E-state index is 13.2. The molecule has 4 aromatic rings. The van der Waals surface area contributed by atoms with E-state index < -0.39 is 17.7 Å². The summed E-state index contributed by atoms with van der Waals surface area (Å²) in [4.78, 5) is 33.2. The van der Waals surface area contributed by atoms with Crippen LogP contribution in [0.15, 0.2) is 65.6 Å². The van der Waals surface area contributed by atoms with Gasteiger partial charge in [-0.1, -0.05) is 35.6 Å². The first-order valence-electron chi connectivity index (χ1n) is 9.84. The number of methoxy groups -OCH3 is 1. The predicted molar refractivity (Wildman–Crippen MR) is 126 cm³/mol. The standard InChI is InChI=1S/C24H18N2O4S2/c1-13-8-9-16-18(11-13)32-24(25-16)26-20(17-7-4-10-31-17)19(22(28)23(26)29)21(27)14-5-3-6-15(12-14)30-2/h3-12,20,27H,1-2H3/t20-/m0/s1. The Bertz CT molecular complexity index is 1390. The van der Waals surface area contributed by atoms with Gasteiger partial charge in [0.25, 0.3) is 5.78 Å². The van der Waals surface area contributed by atoms with Crippen molar-refractivity contribution in [3.8, 4) is 5.75 Å². The molecular formula is C24H18N2O4S2. The molecule has 0 unspecified atom stereocenters. The minimum Gasteiger partial charge on any atom is -0.507 e. The third-order valence-corrected chi connectivity index (χ3v) is 7.28. The Kier molecular flexibility index (Phi) is 5.03. The van der Waals surface area contributed by atoms with E-state index in [0.717, 1.165) is 20.7 Å². The number of anilines is 1. The smallest absolute Gasteiger partial charge is 0.301 e. The highest BCUT2D eigenvalue weighted by Gasteiger charge is 2.48. The van der Waals surface area contributed by atoms with Crippen LogP contribution in [0, 0.1) is 6.92 Å². The summed E-state index contributed by atoms with van der Waals surface area (Å²) in [5.41, 5.74) is 2.29. The molecule has 1 aliphatic heterocycles. The van der Waals surface area contributed by atoms with Crippen molar-refractivity contribution < 1.29 is 19.4 Å². The zero-order valence-electron chi connectivity index (χ0n) is 17.2. The van der Waals surface area contributed by atoms with E-state index in [1.54, 1.807) is 24.3 Å². The average Bonchev–Trinajstić information content (AvgIpc) is 3.52. The number of carbonyl (C=O) groups excluding carboxylic acids is 2. The Labute approximate surface area is 192 Å². The van der Waals surface area contributed by atoms with E-state index in [-0.39, 0.29) is 11.3 Å². The SMILES string of the molecule is COc1cccc(C(O)=C2C(=O)C(=O)N(c3nc4ccc(C)cc4s3)[C@H]2c2cccs2)c1. The summed E-state index contributed by atoms with van der Waals surface area (Å²) in [6.45, 7) is 1.99. The van der Waals surface area contributed by atoms with Crippen molar-refractivity contribution >= 4 is 55.5 Å². The Balaban J connectivity index is 1.71. The number of carbonyl (C=O) groups is 2. The molecule has 0 saturated carbocycles. The number of benzene rings is 2. The number of aliphatic hydroxyl groups is 1. The molecule has 6 nitrogen and oxygen atoms in total. The first kappa shape index (κ1) is 20.4. The summed E-state index contributed by atoms with van der Waals surface area (Å²) in [7, 11) is 1.53. The molecule has 1 atom stereocenters. The van der Waals surface area contributed by atoms with Crippen molar-refractivity contribution in [1.29, 1.82) is 0 Å². The molecular weight excluding hydrogens is 444 g/mol. The number of nitrogens with zero attached hydrogens (tertiary/aromatic N) is 2. The molecule has 32 heavy (non-hydrogen) atoms. The Morgan fingerprint density at radius 1 is 1.12 bits per heavy atom. The lowest BCUT2D eigenvalue weighted by Crippen LogP contribution is -2.28. The normalized spacial score (nSPS) is 17.9. The highest BCUT2D eigenvalue weighted by molar-refractivity contribution is 7.22. The van der Waals surface area contributed by atoms with Crippen LogP contribution >= 0.6 is 22.7 Å². The number of ether oxygens (including phenoxy) is 1. The van der Waals surface area contributed by atoms with Crippen molar-refractivity contribution in [2.75, 3.05) is 12.0 Å². The van der Waals surface area contributed by atoms with E-state index in [9.17, 15) is 14.7 Å². The number of aromatic nitrogens is 1. The minimum atomic E-state index is -0.761. The van der Waals surface area contributed by atoms with Crippen LogP contribution < -0.4 is 9.64 Å². The van der Waals surface area contributed by atoms with Gasteiger partial charge in [0.05, 0.1) is 22.9 Å². The highest BCUT2D eigenvalue weighted by Crippen LogP contribution is 2.45. The lowest BCUT2D eigenvalue weighted by molar-refractivity contribution is -0.132. The van der Waals surface area contributed by atoms with Gasteiger partial charge in [-0.05, 0) is 48.2 Å².